The van der Waals surface area contributed by atoms with Crippen LogP contribution in [0.5, 0.6) is 0 Å². The van der Waals surface area contributed by atoms with E-state index in [1.165, 1.54) is 70.6 Å². The van der Waals surface area contributed by atoms with Gasteiger partial charge in [0.1, 0.15) is 0 Å². The molecule has 0 saturated carbocycles. The Morgan fingerprint density at radius 1 is 0.762 bits per heavy atom. The maximum Gasteiger partial charge on any atom is 1.00 e. The molecule has 3 heteroatoms. The third-order valence-corrected chi connectivity index (χ3v) is 3.64. The van der Waals surface area contributed by atoms with E-state index in [4.69, 9.17) is 0 Å². The van der Waals surface area contributed by atoms with Gasteiger partial charge in [-0.15, -0.1) is 0 Å². The van der Waals surface area contributed by atoms with E-state index in [1.54, 1.807) is 0 Å². The molecule has 0 rings (SSSR count). The van der Waals surface area contributed by atoms with Crippen LogP contribution in [0.25, 0.3) is 0 Å². The summed E-state index contributed by atoms with van der Waals surface area (Å²) in [7, 11) is 0. The minimum Gasteiger partial charge on any atom is -0.550 e. The van der Waals surface area contributed by atoms with Gasteiger partial charge in [-0.2, -0.15) is 0 Å². The van der Waals surface area contributed by atoms with E-state index in [2.05, 4.69) is 19.1 Å². The molecule has 0 aliphatic rings. The molecule has 0 aromatic carbocycles. The Kier molecular flexibility index (Phi) is 23.9. The zero-order chi connectivity index (χ0) is 14.9. The van der Waals surface area contributed by atoms with Crippen LogP contribution in [0.1, 0.15) is 96.8 Å². The summed E-state index contributed by atoms with van der Waals surface area (Å²) >= 11 is 0. The molecule has 0 atom stereocenters. The van der Waals surface area contributed by atoms with Gasteiger partial charge < -0.3 is 9.90 Å². The molecule has 118 valence electrons. The monoisotopic (exact) mass is 320 g/mol. The van der Waals surface area contributed by atoms with Crippen LogP contribution in [-0.2, 0) is 4.79 Å². The first-order valence-corrected chi connectivity index (χ1v) is 8.62. The van der Waals surface area contributed by atoms with E-state index < -0.39 is 5.97 Å². The van der Waals surface area contributed by atoms with Crippen molar-refractivity contribution in [2.24, 2.45) is 0 Å². The van der Waals surface area contributed by atoms with Gasteiger partial charge in [0.05, 0.1) is 0 Å². The first kappa shape index (κ1) is 24.1. The Bertz CT molecular complexity index is 239. The van der Waals surface area contributed by atoms with Crippen LogP contribution in [0.4, 0.5) is 0 Å². The van der Waals surface area contributed by atoms with E-state index >= 15 is 0 Å². The van der Waals surface area contributed by atoms with Gasteiger partial charge in [0.15, 0.2) is 0 Å². The third-order valence-electron chi connectivity index (χ3n) is 3.64. The molecule has 0 N–H and O–H groups in total. The van der Waals surface area contributed by atoms with Gasteiger partial charge in [0.25, 0.3) is 0 Å². The zero-order valence-electron chi connectivity index (χ0n) is 14.4. The van der Waals surface area contributed by atoms with E-state index in [0.29, 0.717) is 0 Å². The van der Waals surface area contributed by atoms with Gasteiger partial charge in [0.2, 0.25) is 0 Å². The Balaban J connectivity index is 0. The second kappa shape index (κ2) is 20.8. The number of allylic oxidation sites excluding steroid dienone is 2. The van der Waals surface area contributed by atoms with Crippen LogP contribution in [0.2, 0.25) is 0 Å². The molecule has 0 aromatic heterocycles. The van der Waals surface area contributed by atoms with Crippen LogP contribution >= 0.6 is 0 Å². The Morgan fingerprint density at radius 3 is 1.67 bits per heavy atom. The van der Waals surface area contributed by atoms with Crippen molar-refractivity contribution in [2.45, 2.75) is 96.8 Å². The van der Waals surface area contributed by atoms with Crippen molar-refractivity contribution in [2.75, 3.05) is 0 Å². The summed E-state index contributed by atoms with van der Waals surface area (Å²) in [5.41, 5.74) is 0. The first-order valence-electron chi connectivity index (χ1n) is 8.62. The Labute approximate surface area is 174 Å². The summed E-state index contributed by atoms with van der Waals surface area (Å²) in [5, 5.41) is 10.2. The minimum absolute atomic E-state index is 0. The summed E-state index contributed by atoms with van der Waals surface area (Å²) in [6.45, 7) is 2.24. The number of unbranched alkanes of at least 4 members (excludes halogenated alkanes) is 11. The van der Waals surface area contributed by atoms with Gasteiger partial charge in [-0.1, -0.05) is 70.4 Å². The molecule has 0 heterocycles. The topological polar surface area (TPSA) is 40.1 Å². The van der Waals surface area contributed by atoms with Crippen LogP contribution in [0.15, 0.2) is 12.2 Å². The summed E-state index contributed by atoms with van der Waals surface area (Å²) in [4.78, 5) is 10.2. The summed E-state index contributed by atoms with van der Waals surface area (Å²) in [6, 6.07) is 0. The molecule has 2 nitrogen and oxygen atoms in total. The molecule has 0 aliphatic heterocycles. The largest absolute Gasteiger partial charge is 1.00 e. The zero-order valence-corrected chi connectivity index (χ0v) is 17.5. The van der Waals surface area contributed by atoms with Gasteiger partial charge in [-0.05, 0) is 38.5 Å². The maximum absolute atomic E-state index is 10.2. The molecule has 0 aromatic rings. The van der Waals surface area contributed by atoms with Gasteiger partial charge in [-0.3, -0.25) is 0 Å². The van der Waals surface area contributed by atoms with Crippen molar-refractivity contribution in [1.29, 1.82) is 0 Å². The SMILES string of the molecule is CCCCC/C=C\CCCCCCCCCCC(=O)[O-].[K+]. The predicted octanol–water partition coefficient (Wildman–Crippen LogP) is 1.78. The third kappa shape index (κ3) is 23.2. The Hall–Kier alpha value is 0.846. The summed E-state index contributed by atoms with van der Waals surface area (Å²) in [6.07, 6.45) is 20.9. The Morgan fingerprint density at radius 2 is 1.19 bits per heavy atom. The average molecular weight is 321 g/mol. The van der Waals surface area contributed by atoms with E-state index in [0.717, 1.165) is 12.8 Å². The van der Waals surface area contributed by atoms with Crippen molar-refractivity contribution < 1.29 is 61.3 Å². The van der Waals surface area contributed by atoms with Crippen molar-refractivity contribution in [3.63, 3.8) is 0 Å². The molecule has 0 aliphatic carbocycles. The number of carbonyl (C=O) groups excluding carboxylic acids is 1. The number of carbonyl (C=O) groups is 1. The van der Waals surface area contributed by atoms with E-state index in [9.17, 15) is 9.90 Å². The maximum atomic E-state index is 10.2. The molecular weight excluding hydrogens is 287 g/mol. The fourth-order valence-corrected chi connectivity index (χ4v) is 2.34. The second-order valence-corrected chi connectivity index (χ2v) is 5.71. The fourth-order valence-electron chi connectivity index (χ4n) is 2.34. The van der Waals surface area contributed by atoms with Gasteiger partial charge in [-0.25, -0.2) is 0 Å². The van der Waals surface area contributed by atoms with Crippen LogP contribution in [-0.4, -0.2) is 5.97 Å². The molecule has 21 heavy (non-hydrogen) atoms. The molecule has 0 saturated heterocycles. The normalized spacial score (nSPS) is 10.7. The minimum atomic E-state index is -0.909. The number of carboxylic acids is 1. The molecule has 0 bridgehead atoms. The van der Waals surface area contributed by atoms with Crippen LogP contribution in [0, 0.1) is 0 Å². The number of hydrogen-bond donors (Lipinski definition) is 0. The molecule has 0 amide bonds. The summed E-state index contributed by atoms with van der Waals surface area (Å²) in [5.74, 6) is -0.909. The van der Waals surface area contributed by atoms with Crippen molar-refractivity contribution >= 4 is 5.97 Å². The first-order chi connectivity index (χ1) is 9.77. The summed E-state index contributed by atoms with van der Waals surface area (Å²) < 4.78 is 0. The van der Waals surface area contributed by atoms with E-state index in [-0.39, 0.29) is 57.8 Å². The number of rotatable bonds is 15. The molecule has 0 fully saturated rings. The van der Waals surface area contributed by atoms with Crippen LogP contribution < -0.4 is 56.5 Å². The standard InChI is InChI=1S/C18H34O2.K/c1-2-3-4-5-6-7-8-9-10-11-12-13-14-15-16-17-18(19)20;/h6-7H,2-5,8-17H2,1H3,(H,19,20);/q;+1/p-1/b7-6-;. The number of carboxylic acid groups (broad SMARTS) is 1. The van der Waals surface area contributed by atoms with Gasteiger partial charge >= 0.3 is 51.4 Å². The molecule has 0 spiro atoms. The number of hydrogen-bond acceptors (Lipinski definition) is 2. The van der Waals surface area contributed by atoms with Crippen molar-refractivity contribution in [1.82, 2.24) is 0 Å². The quantitative estimate of drug-likeness (QED) is 0.262. The smallest absolute Gasteiger partial charge is 0.550 e. The number of aliphatic carboxylic acids is 1. The molecule has 0 radical (unpaired) electrons. The van der Waals surface area contributed by atoms with E-state index in [1.807, 2.05) is 0 Å². The molecular formula is C18H33KO2. The fraction of sp³-hybridized carbons (Fsp3) is 0.833. The second-order valence-electron chi connectivity index (χ2n) is 5.71. The predicted molar refractivity (Wildman–Crippen MR) is 84.5 cm³/mol. The molecule has 0 unspecified atom stereocenters. The van der Waals surface area contributed by atoms with Crippen LogP contribution in [0.3, 0.4) is 0 Å². The average Bonchev–Trinajstić information content (AvgIpc) is 2.43. The van der Waals surface area contributed by atoms with Crippen molar-refractivity contribution in [3.8, 4) is 0 Å². The van der Waals surface area contributed by atoms with Crippen molar-refractivity contribution in [3.05, 3.63) is 12.2 Å². The van der Waals surface area contributed by atoms with Gasteiger partial charge in [0, 0.05) is 5.97 Å².